The Labute approximate surface area is 121 Å². The van der Waals surface area contributed by atoms with Crippen LogP contribution in [0.15, 0.2) is 18.2 Å². The van der Waals surface area contributed by atoms with Crippen LogP contribution >= 0.6 is 0 Å². The largest absolute Gasteiger partial charge is 0.497 e. The second-order valence-electron chi connectivity index (χ2n) is 5.19. The fraction of sp³-hybridized carbons (Fsp3) is 0.571. The van der Waals surface area contributed by atoms with Crippen molar-refractivity contribution in [2.24, 2.45) is 11.7 Å². The van der Waals surface area contributed by atoms with Crippen molar-refractivity contribution in [1.82, 2.24) is 0 Å². The van der Waals surface area contributed by atoms with Crippen molar-refractivity contribution in [1.29, 1.82) is 0 Å². The number of benzene rings is 1. The van der Waals surface area contributed by atoms with Crippen LogP contribution in [-0.4, -0.2) is 34.1 Å². The highest BCUT2D eigenvalue weighted by atomic mass is 32.2. The van der Waals surface area contributed by atoms with E-state index in [0.717, 1.165) is 0 Å². The van der Waals surface area contributed by atoms with Crippen molar-refractivity contribution < 1.29 is 17.9 Å². The summed E-state index contributed by atoms with van der Waals surface area (Å²) < 4.78 is 34.4. The van der Waals surface area contributed by atoms with Gasteiger partial charge >= 0.3 is 0 Å². The molecule has 0 aliphatic carbocycles. The van der Waals surface area contributed by atoms with Crippen LogP contribution in [0.4, 0.5) is 0 Å². The van der Waals surface area contributed by atoms with Crippen LogP contribution in [0.2, 0.25) is 0 Å². The first-order valence-electron chi connectivity index (χ1n) is 6.47. The summed E-state index contributed by atoms with van der Waals surface area (Å²) in [7, 11) is -0.102. The van der Waals surface area contributed by atoms with Crippen LogP contribution in [0.5, 0.6) is 11.5 Å². The van der Waals surface area contributed by atoms with Gasteiger partial charge in [-0.25, -0.2) is 8.42 Å². The van der Waals surface area contributed by atoms with Crippen LogP contribution < -0.4 is 15.2 Å². The molecule has 0 amide bonds. The zero-order valence-electron chi connectivity index (χ0n) is 12.4. The monoisotopic (exact) mass is 301 g/mol. The minimum atomic E-state index is -3.18. The van der Waals surface area contributed by atoms with Crippen LogP contribution in [0.1, 0.15) is 25.5 Å². The molecule has 1 rings (SSSR count). The lowest BCUT2D eigenvalue weighted by molar-refractivity contribution is 0.389. The Balaban J connectivity index is 2.95. The first-order valence-corrected chi connectivity index (χ1v) is 8.29. The predicted octanol–water partition coefficient (Wildman–Crippen LogP) is 1.77. The minimum absolute atomic E-state index is 0.0879. The lowest BCUT2D eigenvalue weighted by Gasteiger charge is -2.17. The maximum atomic E-state index is 12.0. The van der Waals surface area contributed by atoms with Gasteiger partial charge in [0.1, 0.15) is 11.5 Å². The average Bonchev–Trinajstić information content (AvgIpc) is 2.35. The molecule has 1 unspecified atom stereocenters. The van der Waals surface area contributed by atoms with Gasteiger partial charge in [-0.2, -0.15) is 0 Å². The van der Waals surface area contributed by atoms with Gasteiger partial charge in [0.2, 0.25) is 0 Å². The van der Waals surface area contributed by atoms with Crippen LogP contribution in [-0.2, 0) is 9.84 Å². The van der Waals surface area contributed by atoms with Crippen molar-refractivity contribution in [2.45, 2.75) is 19.9 Å². The lowest BCUT2D eigenvalue weighted by atomic mass is 10.1. The molecule has 1 aromatic carbocycles. The topological polar surface area (TPSA) is 78.6 Å². The quantitative estimate of drug-likeness (QED) is 0.830. The van der Waals surface area contributed by atoms with E-state index in [1.165, 1.54) is 7.11 Å². The highest BCUT2D eigenvalue weighted by Gasteiger charge is 2.21. The van der Waals surface area contributed by atoms with Crippen molar-refractivity contribution in [3.63, 3.8) is 0 Å². The standard InChI is InChI=1S/C14H23NO4S/c1-10(2)8-20(16,17)9-13(15)12-6-5-11(18-3)7-14(12)19-4/h5-7,10,13H,8-9,15H2,1-4H3. The van der Waals surface area contributed by atoms with Crippen molar-refractivity contribution in [2.75, 3.05) is 25.7 Å². The Kier molecular flexibility index (Phi) is 5.83. The summed E-state index contributed by atoms with van der Waals surface area (Å²) in [4.78, 5) is 0. The Bertz CT molecular complexity index is 540. The van der Waals surface area contributed by atoms with Gasteiger partial charge in [-0.3, -0.25) is 0 Å². The Morgan fingerprint density at radius 2 is 1.80 bits per heavy atom. The zero-order chi connectivity index (χ0) is 15.3. The second kappa shape index (κ2) is 6.95. The fourth-order valence-electron chi connectivity index (χ4n) is 2.06. The minimum Gasteiger partial charge on any atom is -0.497 e. The molecule has 0 aromatic heterocycles. The summed E-state index contributed by atoms with van der Waals surface area (Å²) in [5.74, 6) is 1.32. The van der Waals surface area contributed by atoms with E-state index in [-0.39, 0.29) is 17.4 Å². The zero-order valence-corrected chi connectivity index (χ0v) is 13.2. The highest BCUT2D eigenvalue weighted by Crippen LogP contribution is 2.29. The maximum Gasteiger partial charge on any atom is 0.152 e. The normalized spacial score (nSPS) is 13.3. The molecule has 1 aromatic rings. The van der Waals surface area contributed by atoms with E-state index >= 15 is 0 Å². The molecule has 0 saturated carbocycles. The molecule has 1 atom stereocenters. The van der Waals surface area contributed by atoms with Gasteiger partial charge in [-0.1, -0.05) is 19.9 Å². The van der Waals surface area contributed by atoms with Crippen LogP contribution in [0.3, 0.4) is 0 Å². The number of rotatable bonds is 7. The Hall–Kier alpha value is -1.27. The molecule has 5 nitrogen and oxygen atoms in total. The van der Waals surface area contributed by atoms with E-state index in [0.29, 0.717) is 17.1 Å². The third-order valence-corrected chi connectivity index (χ3v) is 4.90. The first-order chi connectivity index (χ1) is 9.29. The van der Waals surface area contributed by atoms with Gasteiger partial charge in [0, 0.05) is 17.7 Å². The van der Waals surface area contributed by atoms with E-state index in [1.54, 1.807) is 25.3 Å². The number of nitrogens with two attached hydrogens (primary N) is 1. The average molecular weight is 301 g/mol. The van der Waals surface area contributed by atoms with Crippen LogP contribution in [0.25, 0.3) is 0 Å². The molecule has 0 saturated heterocycles. The van der Waals surface area contributed by atoms with Crippen molar-refractivity contribution in [3.8, 4) is 11.5 Å². The Morgan fingerprint density at radius 1 is 1.15 bits per heavy atom. The van der Waals surface area contributed by atoms with Gasteiger partial charge in [0.25, 0.3) is 0 Å². The van der Waals surface area contributed by atoms with E-state index in [4.69, 9.17) is 15.2 Å². The molecule has 114 valence electrons. The van der Waals surface area contributed by atoms with Crippen molar-refractivity contribution >= 4 is 9.84 Å². The molecule has 20 heavy (non-hydrogen) atoms. The highest BCUT2D eigenvalue weighted by molar-refractivity contribution is 7.91. The SMILES string of the molecule is COc1ccc(C(N)CS(=O)(=O)CC(C)C)c(OC)c1. The van der Waals surface area contributed by atoms with E-state index in [9.17, 15) is 8.42 Å². The molecule has 2 N–H and O–H groups in total. The molecule has 6 heteroatoms. The number of hydrogen-bond donors (Lipinski definition) is 1. The summed E-state index contributed by atoms with van der Waals surface area (Å²) in [5.41, 5.74) is 6.69. The number of methoxy groups -OCH3 is 2. The molecular weight excluding hydrogens is 278 g/mol. The summed E-state index contributed by atoms with van der Waals surface area (Å²) in [6.45, 7) is 3.74. The molecule has 0 aliphatic heterocycles. The summed E-state index contributed by atoms with van der Waals surface area (Å²) in [5, 5.41) is 0. The summed E-state index contributed by atoms with van der Waals surface area (Å²) in [6.07, 6.45) is 0. The van der Waals surface area contributed by atoms with Crippen LogP contribution in [0, 0.1) is 5.92 Å². The molecule has 0 aliphatic rings. The maximum absolute atomic E-state index is 12.0. The lowest BCUT2D eigenvalue weighted by Crippen LogP contribution is -2.25. The molecule has 0 spiro atoms. The number of ether oxygens (including phenoxy) is 2. The first kappa shape index (κ1) is 16.8. The van der Waals surface area contributed by atoms with Gasteiger partial charge in [0.05, 0.1) is 25.7 Å². The molecular formula is C14H23NO4S. The fourth-order valence-corrected chi connectivity index (χ4v) is 3.94. The number of sulfone groups is 1. The van der Waals surface area contributed by atoms with Gasteiger partial charge in [-0.05, 0) is 12.0 Å². The van der Waals surface area contributed by atoms with E-state index in [1.807, 2.05) is 13.8 Å². The molecule has 0 heterocycles. The van der Waals surface area contributed by atoms with Gasteiger partial charge < -0.3 is 15.2 Å². The summed E-state index contributed by atoms with van der Waals surface area (Å²) >= 11 is 0. The predicted molar refractivity (Wildman–Crippen MR) is 80.0 cm³/mol. The number of hydrogen-bond acceptors (Lipinski definition) is 5. The Morgan fingerprint density at radius 3 is 2.30 bits per heavy atom. The smallest absolute Gasteiger partial charge is 0.152 e. The third kappa shape index (κ3) is 4.68. The van der Waals surface area contributed by atoms with Crippen molar-refractivity contribution in [3.05, 3.63) is 23.8 Å². The van der Waals surface area contributed by atoms with E-state index < -0.39 is 15.9 Å². The molecule has 0 fully saturated rings. The van der Waals surface area contributed by atoms with Gasteiger partial charge in [0.15, 0.2) is 9.84 Å². The molecule has 0 radical (unpaired) electrons. The summed E-state index contributed by atoms with van der Waals surface area (Å²) in [6, 6.07) is 4.57. The second-order valence-corrected chi connectivity index (χ2v) is 7.34. The van der Waals surface area contributed by atoms with E-state index in [2.05, 4.69) is 0 Å². The van der Waals surface area contributed by atoms with Gasteiger partial charge in [-0.15, -0.1) is 0 Å². The third-order valence-electron chi connectivity index (χ3n) is 2.86. The molecule has 0 bridgehead atoms.